The van der Waals surface area contributed by atoms with E-state index in [9.17, 15) is 9.59 Å². The first-order valence-corrected chi connectivity index (χ1v) is 9.54. The summed E-state index contributed by atoms with van der Waals surface area (Å²) in [5.74, 6) is -0.977. The van der Waals surface area contributed by atoms with E-state index in [1.807, 2.05) is 0 Å². The summed E-state index contributed by atoms with van der Waals surface area (Å²) in [6.45, 7) is 7.66. The van der Waals surface area contributed by atoms with Crippen LogP contribution in [0.4, 0.5) is 0 Å². The van der Waals surface area contributed by atoms with Gasteiger partial charge in [-0.1, -0.05) is 26.2 Å². The van der Waals surface area contributed by atoms with Crippen LogP contribution in [0.5, 0.6) is 0 Å². The van der Waals surface area contributed by atoms with E-state index < -0.39 is 11.9 Å². The van der Waals surface area contributed by atoms with E-state index >= 15 is 0 Å². The van der Waals surface area contributed by atoms with E-state index in [0.29, 0.717) is 13.2 Å². The molecule has 0 aromatic rings. The second kappa shape index (κ2) is 14.9. The molecule has 0 aromatic carbocycles. The lowest BCUT2D eigenvalue weighted by molar-refractivity contribution is -0.140. The number of morpholine rings is 1. The van der Waals surface area contributed by atoms with Crippen molar-refractivity contribution in [3.63, 3.8) is 0 Å². The molecule has 0 saturated carbocycles. The van der Waals surface area contributed by atoms with Crippen molar-refractivity contribution in [2.24, 2.45) is 0 Å². The molecule has 1 aliphatic heterocycles. The summed E-state index contributed by atoms with van der Waals surface area (Å²) in [7, 11) is 0. The van der Waals surface area contributed by atoms with Gasteiger partial charge >= 0.3 is 11.9 Å². The van der Waals surface area contributed by atoms with E-state index in [1.165, 1.54) is 0 Å². The molecule has 0 spiro atoms. The minimum absolute atomic E-state index is 0.387. The van der Waals surface area contributed by atoms with Gasteiger partial charge in [0.25, 0.3) is 0 Å². The quantitative estimate of drug-likeness (QED) is 0.287. The molecule has 0 unspecified atom stereocenters. The molecule has 0 aliphatic carbocycles. The molecular formula is C19H33NO5. The third-order valence-electron chi connectivity index (χ3n) is 4.06. The van der Waals surface area contributed by atoms with Gasteiger partial charge in [-0.05, 0) is 32.2 Å². The summed E-state index contributed by atoms with van der Waals surface area (Å²) in [5.41, 5.74) is 0. The lowest BCUT2D eigenvalue weighted by Gasteiger charge is -2.26. The summed E-state index contributed by atoms with van der Waals surface area (Å²) >= 11 is 0. The Kier molecular flexibility index (Phi) is 12.9. The van der Waals surface area contributed by atoms with Gasteiger partial charge < -0.3 is 14.2 Å². The van der Waals surface area contributed by atoms with Gasteiger partial charge in [-0.15, -0.1) is 0 Å². The maximum absolute atomic E-state index is 11.5. The molecule has 0 aromatic heterocycles. The van der Waals surface area contributed by atoms with Gasteiger partial charge in [0.2, 0.25) is 0 Å². The molecule has 6 nitrogen and oxygen atoms in total. The Bertz CT molecular complexity index is 391. The number of hydrogen-bond acceptors (Lipinski definition) is 6. The highest BCUT2D eigenvalue weighted by Gasteiger charge is 2.09. The lowest BCUT2D eigenvalue weighted by atomic mass is 10.2. The van der Waals surface area contributed by atoms with Crippen molar-refractivity contribution in [3.05, 3.63) is 12.2 Å². The van der Waals surface area contributed by atoms with Crippen molar-refractivity contribution < 1.29 is 23.8 Å². The average Bonchev–Trinajstić information content (AvgIpc) is 2.63. The van der Waals surface area contributed by atoms with E-state index in [1.54, 1.807) is 0 Å². The van der Waals surface area contributed by atoms with Gasteiger partial charge in [-0.2, -0.15) is 0 Å². The molecule has 0 radical (unpaired) electrons. The third-order valence-corrected chi connectivity index (χ3v) is 4.06. The Morgan fingerprint density at radius 1 is 0.880 bits per heavy atom. The van der Waals surface area contributed by atoms with Crippen molar-refractivity contribution in [2.75, 3.05) is 46.1 Å². The lowest BCUT2D eigenvalue weighted by Crippen LogP contribution is -2.36. The van der Waals surface area contributed by atoms with Crippen LogP contribution in [-0.4, -0.2) is 62.9 Å². The van der Waals surface area contributed by atoms with Gasteiger partial charge in [0.05, 0.1) is 26.4 Å². The van der Waals surface area contributed by atoms with E-state index in [2.05, 4.69) is 11.8 Å². The average molecular weight is 355 g/mol. The first-order chi connectivity index (χ1) is 12.2. The minimum Gasteiger partial charge on any atom is -0.463 e. The fourth-order valence-corrected chi connectivity index (χ4v) is 2.55. The fraction of sp³-hybridized carbons (Fsp3) is 0.789. The molecule has 144 valence electrons. The van der Waals surface area contributed by atoms with E-state index in [0.717, 1.165) is 89.9 Å². The molecule has 1 rings (SSSR count). The highest BCUT2D eigenvalue weighted by molar-refractivity contribution is 5.91. The number of rotatable bonds is 13. The summed E-state index contributed by atoms with van der Waals surface area (Å²) in [4.78, 5) is 25.3. The molecule has 1 saturated heterocycles. The van der Waals surface area contributed by atoms with Crippen LogP contribution in [0.2, 0.25) is 0 Å². The van der Waals surface area contributed by atoms with E-state index in [-0.39, 0.29) is 0 Å². The van der Waals surface area contributed by atoms with Crippen LogP contribution in [0.1, 0.15) is 51.9 Å². The smallest absolute Gasteiger partial charge is 0.331 e. The van der Waals surface area contributed by atoms with Crippen LogP contribution in [0, 0.1) is 0 Å². The zero-order valence-electron chi connectivity index (χ0n) is 15.5. The van der Waals surface area contributed by atoms with Gasteiger partial charge in [-0.3, -0.25) is 4.90 Å². The Hall–Kier alpha value is -1.40. The monoisotopic (exact) mass is 355 g/mol. The van der Waals surface area contributed by atoms with Crippen molar-refractivity contribution in [1.82, 2.24) is 4.90 Å². The van der Waals surface area contributed by atoms with Crippen molar-refractivity contribution in [1.29, 1.82) is 0 Å². The Labute approximate surface area is 151 Å². The standard InChI is InChI=1S/C19H33NO5/c1-2-3-4-7-14-24-18(21)9-10-19(22)25-15-8-5-6-11-20-12-16-23-17-13-20/h9-10H,2-8,11-17H2,1H3/b10-9+. The fourth-order valence-electron chi connectivity index (χ4n) is 2.55. The van der Waals surface area contributed by atoms with Crippen LogP contribution in [-0.2, 0) is 23.8 Å². The summed E-state index contributed by atoms with van der Waals surface area (Å²) in [6, 6.07) is 0. The first kappa shape index (κ1) is 21.6. The Balaban J connectivity index is 1.94. The number of unbranched alkanes of at least 4 members (excludes halogenated alkanes) is 5. The largest absolute Gasteiger partial charge is 0.463 e. The van der Waals surface area contributed by atoms with Gasteiger partial charge in [0.1, 0.15) is 0 Å². The van der Waals surface area contributed by atoms with Crippen LogP contribution in [0.25, 0.3) is 0 Å². The molecule has 0 amide bonds. The number of esters is 2. The van der Waals surface area contributed by atoms with Crippen molar-refractivity contribution in [3.8, 4) is 0 Å². The Morgan fingerprint density at radius 2 is 1.44 bits per heavy atom. The molecule has 1 fully saturated rings. The first-order valence-electron chi connectivity index (χ1n) is 9.54. The number of nitrogens with zero attached hydrogens (tertiary/aromatic N) is 1. The van der Waals surface area contributed by atoms with Gasteiger partial charge in [0, 0.05) is 25.2 Å². The SMILES string of the molecule is CCCCCCOC(=O)/C=C/C(=O)OCCCCCN1CCOCC1. The van der Waals surface area contributed by atoms with E-state index in [4.69, 9.17) is 14.2 Å². The molecule has 0 atom stereocenters. The molecule has 25 heavy (non-hydrogen) atoms. The van der Waals surface area contributed by atoms with Crippen molar-refractivity contribution in [2.45, 2.75) is 51.9 Å². The number of carbonyl (C=O) groups excluding carboxylic acids is 2. The van der Waals surface area contributed by atoms with Crippen molar-refractivity contribution >= 4 is 11.9 Å². The van der Waals surface area contributed by atoms with Gasteiger partial charge in [0.15, 0.2) is 0 Å². The Morgan fingerprint density at radius 3 is 2.00 bits per heavy atom. The normalized spacial score (nSPS) is 15.4. The van der Waals surface area contributed by atoms with Gasteiger partial charge in [-0.25, -0.2) is 9.59 Å². The highest BCUT2D eigenvalue weighted by atomic mass is 16.5. The molecule has 0 bridgehead atoms. The molecule has 0 N–H and O–H groups in total. The third kappa shape index (κ3) is 12.6. The number of ether oxygens (including phenoxy) is 3. The molecular weight excluding hydrogens is 322 g/mol. The topological polar surface area (TPSA) is 65.1 Å². The summed E-state index contributed by atoms with van der Waals surface area (Å²) in [5, 5.41) is 0. The van der Waals surface area contributed by atoms with Crippen LogP contribution in [0.3, 0.4) is 0 Å². The number of carbonyl (C=O) groups is 2. The zero-order valence-corrected chi connectivity index (χ0v) is 15.5. The summed E-state index contributed by atoms with van der Waals surface area (Å²) < 4.78 is 15.4. The second-order valence-electron chi connectivity index (χ2n) is 6.24. The second-order valence-corrected chi connectivity index (χ2v) is 6.24. The predicted molar refractivity (Wildman–Crippen MR) is 96.3 cm³/mol. The highest BCUT2D eigenvalue weighted by Crippen LogP contribution is 2.03. The zero-order chi connectivity index (χ0) is 18.2. The van der Waals surface area contributed by atoms with Crippen LogP contribution >= 0.6 is 0 Å². The molecule has 1 aliphatic rings. The van der Waals surface area contributed by atoms with Crippen LogP contribution in [0.15, 0.2) is 12.2 Å². The number of hydrogen-bond donors (Lipinski definition) is 0. The predicted octanol–water partition coefficient (Wildman–Crippen LogP) is 2.71. The summed E-state index contributed by atoms with van der Waals surface area (Å²) in [6.07, 6.45) is 9.45. The molecule has 6 heteroatoms. The maximum atomic E-state index is 11.5. The molecule has 1 heterocycles. The van der Waals surface area contributed by atoms with Crippen LogP contribution < -0.4 is 0 Å². The minimum atomic E-state index is -0.490. The maximum Gasteiger partial charge on any atom is 0.331 e.